The molecule has 0 saturated carbocycles. The lowest BCUT2D eigenvalue weighted by molar-refractivity contribution is -0.170. The molecule has 0 fully saturated rings. The SMILES string of the molecule is CCCCSc1ccc(C(SCCN(CC)CC)c2ccccc2)cc1.O=C(O)CC(O)(CC(=O)O)C(=O)O. The molecule has 0 saturated heterocycles. The summed E-state index contributed by atoms with van der Waals surface area (Å²) in [7, 11) is 0. The van der Waals surface area contributed by atoms with Crippen molar-refractivity contribution in [1.29, 1.82) is 0 Å². The lowest BCUT2D eigenvalue weighted by Crippen LogP contribution is -2.42. The summed E-state index contributed by atoms with van der Waals surface area (Å²) < 4.78 is 0. The van der Waals surface area contributed by atoms with Gasteiger partial charge in [0, 0.05) is 17.2 Å². The molecule has 2 aromatic carbocycles. The number of carboxylic acid groups (broad SMARTS) is 3. The molecule has 1 atom stereocenters. The van der Waals surface area contributed by atoms with Crippen LogP contribution in [0, 0.1) is 0 Å². The minimum absolute atomic E-state index is 0.418. The number of thioether (sulfide) groups is 2. The van der Waals surface area contributed by atoms with Crippen molar-refractivity contribution in [3.63, 3.8) is 0 Å². The van der Waals surface area contributed by atoms with Crippen molar-refractivity contribution in [2.75, 3.05) is 31.1 Å². The average Bonchev–Trinajstić information content (AvgIpc) is 2.89. The van der Waals surface area contributed by atoms with Gasteiger partial charge in [0.2, 0.25) is 0 Å². The molecule has 39 heavy (non-hydrogen) atoms. The summed E-state index contributed by atoms with van der Waals surface area (Å²) in [6.07, 6.45) is 0.272. The van der Waals surface area contributed by atoms with E-state index < -0.39 is 36.4 Å². The Morgan fingerprint density at radius 3 is 1.82 bits per heavy atom. The van der Waals surface area contributed by atoms with Gasteiger partial charge in [-0.3, -0.25) is 9.59 Å². The fraction of sp³-hybridized carbons (Fsp3) is 0.483. The Morgan fingerprint density at radius 1 is 0.821 bits per heavy atom. The van der Waals surface area contributed by atoms with E-state index in [1.807, 2.05) is 11.8 Å². The molecule has 0 aliphatic carbocycles. The lowest BCUT2D eigenvalue weighted by atomic mass is 9.96. The van der Waals surface area contributed by atoms with Gasteiger partial charge in [-0.1, -0.05) is 69.7 Å². The van der Waals surface area contributed by atoms with E-state index in [1.165, 1.54) is 34.6 Å². The van der Waals surface area contributed by atoms with E-state index in [9.17, 15) is 14.4 Å². The van der Waals surface area contributed by atoms with Crippen LogP contribution in [0.25, 0.3) is 0 Å². The number of aliphatic carboxylic acids is 3. The molecule has 2 rings (SSSR count). The third-order valence-electron chi connectivity index (χ3n) is 5.92. The summed E-state index contributed by atoms with van der Waals surface area (Å²) in [4.78, 5) is 34.4. The van der Waals surface area contributed by atoms with Crippen molar-refractivity contribution >= 4 is 41.4 Å². The second kappa shape index (κ2) is 18.7. The highest BCUT2D eigenvalue weighted by molar-refractivity contribution is 7.99. The van der Waals surface area contributed by atoms with Gasteiger partial charge in [0.1, 0.15) is 0 Å². The second-order valence-electron chi connectivity index (χ2n) is 8.94. The highest BCUT2D eigenvalue weighted by atomic mass is 32.2. The number of hydrogen-bond acceptors (Lipinski definition) is 7. The smallest absolute Gasteiger partial charge is 0.336 e. The zero-order valence-corrected chi connectivity index (χ0v) is 24.5. The Morgan fingerprint density at radius 2 is 1.36 bits per heavy atom. The molecule has 0 aliphatic rings. The highest BCUT2D eigenvalue weighted by Gasteiger charge is 2.40. The van der Waals surface area contributed by atoms with E-state index in [0.29, 0.717) is 5.25 Å². The molecular formula is C29H41NO7S2. The normalized spacial score (nSPS) is 11.9. The Balaban J connectivity index is 0.000000495. The topological polar surface area (TPSA) is 135 Å². The molecule has 216 valence electrons. The number of benzene rings is 2. The Hall–Kier alpha value is -2.53. The molecule has 0 aliphatic heterocycles. The van der Waals surface area contributed by atoms with Gasteiger partial charge in [0.25, 0.3) is 0 Å². The molecular weight excluding hydrogens is 538 g/mol. The third-order valence-corrected chi connectivity index (χ3v) is 8.32. The monoisotopic (exact) mass is 579 g/mol. The molecule has 0 amide bonds. The second-order valence-corrected chi connectivity index (χ2v) is 11.3. The van der Waals surface area contributed by atoms with Gasteiger partial charge in [-0.05, 0) is 48.5 Å². The molecule has 0 aromatic heterocycles. The van der Waals surface area contributed by atoms with Crippen molar-refractivity contribution < 1.29 is 34.8 Å². The molecule has 10 heteroatoms. The molecule has 2 aromatic rings. The summed E-state index contributed by atoms with van der Waals surface area (Å²) in [5, 5.41) is 34.2. The van der Waals surface area contributed by atoms with Crippen LogP contribution in [0.2, 0.25) is 0 Å². The summed E-state index contributed by atoms with van der Waals surface area (Å²) in [5.41, 5.74) is 0.0847. The predicted molar refractivity (Wildman–Crippen MR) is 158 cm³/mol. The largest absolute Gasteiger partial charge is 0.481 e. The molecule has 1 unspecified atom stereocenters. The lowest BCUT2D eigenvalue weighted by Gasteiger charge is -2.22. The minimum Gasteiger partial charge on any atom is -0.481 e. The summed E-state index contributed by atoms with van der Waals surface area (Å²) in [6.45, 7) is 10.2. The molecule has 4 N–H and O–H groups in total. The number of nitrogens with zero attached hydrogens (tertiary/aromatic N) is 1. The quantitative estimate of drug-likeness (QED) is 0.141. The molecule has 8 nitrogen and oxygen atoms in total. The number of aliphatic hydroxyl groups is 1. The first-order valence-electron chi connectivity index (χ1n) is 13.1. The van der Waals surface area contributed by atoms with Crippen LogP contribution in [0.5, 0.6) is 0 Å². The maximum atomic E-state index is 10.3. The Bertz CT molecular complexity index is 982. The first-order valence-corrected chi connectivity index (χ1v) is 15.1. The van der Waals surface area contributed by atoms with Crippen molar-refractivity contribution in [2.24, 2.45) is 0 Å². The number of rotatable bonds is 17. The first kappa shape index (κ1) is 34.5. The zero-order chi connectivity index (χ0) is 29.3. The van der Waals surface area contributed by atoms with Gasteiger partial charge < -0.3 is 25.3 Å². The summed E-state index contributed by atoms with van der Waals surface area (Å²) >= 11 is 4.04. The van der Waals surface area contributed by atoms with Crippen LogP contribution < -0.4 is 0 Å². The molecule has 0 spiro atoms. The van der Waals surface area contributed by atoms with Crippen molar-refractivity contribution in [2.45, 2.75) is 62.2 Å². The molecule has 0 bridgehead atoms. The fourth-order valence-electron chi connectivity index (χ4n) is 3.64. The van der Waals surface area contributed by atoms with Gasteiger partial charge >= 0.3 is 17.9 Å². The fourth-order valence-corrected chi connectivity index (χ4v) is 5.94. The number of carbonyl (C=O) groups is 3. The highest BCUT2D eigenvalue weighted by Crippen LogP contribution is 2.36. The zero-order valence-electron chi connectivity index (χ0n) is 22.9. The number of carboxylic acids is 3. The molecule has 0 radical (unpaired) electrons. The maximum Gasteiger partial charge on any atom is 0.336 e. The van der Waals surface area contributed by atoms with E-state index in [2.05, 4.69) is 92.0 Å². The van der Waals surface area contributed by atoms with Crippen molar-refractivity contribution in [1.82, 2.24) is 4.90 Å². The standard InChI is InChI=1S/C23H33NS2.C6H8O7/c1-4-7-18-25-22-15-13-21(14-16-22)23(20-11-9-8-10-12-20)26-19-17-24(5-2)6-3;7-3(8)1-6(13,5(11)12)2-4(9)10/h8-16,23H,4-7,17-19H2,1-3H3;13H,1-2H2,(H,7,8)(H,9,10)(H,11,12). The van der Waals surface area contributed by atoms with Crippen LogP contribution in [-0.2, 0) is 14.4 Å². The summed E-state index contributed by atoms with van der Waals surface area (Å²) in [5.74, 6) is -2.64. The van der Waals surface area contributed by atoms with Crippen LogP contribution in [0.3, 0.4) is 0 Å². The predicted octanol–water partition coefficient (Wildman–Crippen LogP) is 5.49. The van der Waals surface area contributed by atoms with Gasteiger partial charge in [-0.2, -0.15) is 0 Å². The number of hydrogen-bond donors (Lipinski definition) is 4. The van der Waals surface area contributed by atoms with Gasteiger partial charge in [0.05, 0.1) is 18.1 Å². The maximum absolute atomic E-state index is 10.3. The van der Waals surface area contributed by atoms with E-state index in [4.69, 9.17) is 20.4 Å². The van der Waals surface area contributed by atoms with Gasteiger partial charge in [-0.15, -0.1) is 23.5 Å². The van der Waals surface area contributed by atoms with Crippen LogP contribution in [0.1, 0.15) is 62.8 Å². The Kier molecular flexibility index (Phi) is 16.5. The van der Waals surface area contributed by atoms with Crippen LogP contribution in [0.4, 0.5) is 0 Å². The third kappa shape index (κ3) is 13.4. The first-order chi connectivity index (χ1) is 18.6. The Labute approximate surface area is 239 Å². The van der Waals surface area contributed by atoms with Crippen molar-refractivity contribution in [3.8, 4) is 0 Å². The average molecular weight is 580 g/mol. The van der Waals surface area contributed by atoms with Crippen molar-refractivity contribution in [3.05, 3.63) is 65.7 Å². The number of unbranched alkanes of at least 4 members (excludes halogenated alkanes) is 1. The van der Waals surface area contributed by atoms with Gasteiger partial charge in [0.15, 0.2) is 5.60 Å². The van der Waals surface area contributed by atoms with E-state index in [0.717, 1.165) is 25.4 Å². The van der Waals surface area contributed by atoms with Crippen LogP contribution in [-0.4, -0.2) is 80.0 Å². The van der Waals surface area contributed by atoms with Crippen LogP contribution in [0.15, 0.2) is 59.5 Å². The van der Waals surface area contributed by atoms with Gasteiger partial charge in [-0.25, -0.2) is 4.79 Å². The van der Waals surface area contributed by atoms with Crippen LogP contribution >= 0.6 is 23.5 Å². The molecule has 0 heterocycles. The van der Waals surface area contributed by atoms with E-state index in [1.54, 1.807) is 0 Å². The minimum atomic E-state index is -2.74. The van der Waals surface area contributed by atoms with E-state index >= 15 is 0 Å². The van der Waals surface area contributed by atoms with E-state index in [-0.39, 0.29) is 0 Å². The summed E-state index contributed by atoms with van der Waals surface area (Å²) in [6, 6.07) is 20.2.